The van der Waals surface area contributed by atoms with Gasteiger partial charge in [0.2, 0.25) is 0 Å². The van der Waals surface area contributed by atoms with Crippen LogP contribution in [0.1, 0.15) is 24.8 Å². The highest BCUT2D eigenvalue weighted by Crippen LogP contribution is 2.42. The van der Waals surface area contributed by atoms with Gasteiger partial charge in [-0.3, -0.25) is 0 Å². The van der Waals surface area contributed by atoms with Crippen LogP contribution in [0.4, 0.5) is 0 Å². The second-order valence-corrected chi connectivity index (χ2v) is 4.74. The molecule has 0 heterocycles. The van der Waals surface area contributed by atoms with Gasteiger partial charge in [0.25, 0.3) is 0 Å². The third-order valence-corrected chi connectivity index (χ3v) is 3.51. The van der Waals surface area contributed by atoms with E-state index in [0.717, 1.165) is 10.9 Å². The van der Waals surface area contributed by atoms with Gasteiger partial charge in [0.1, 0.15) is 0 Å². The van der Waals surface area contributed by atoms with Crippen LogP contribution in [0.3, 0.4) is 0 Å². The third kappa shape index (κ3) is 1.65. The van der Waals surface area contributed by atoms with Crippen LogP contribution < -0.4 is 0 Å². The summed E-state index contributed by atoms with van der Waals surface area (Å²) in [7, 11) is 0. The lowest BCUT2D eigenvalue weighted by molar-refractivity contribution is 0.0117. The first-order valence-electron chi connectivity index (χ1n) is 4.62. The molecule has 0 spiro atoms. The summed E-state index contributed by atoms with van der Waals surface area (Å²) >= 11 is 3.46. The van der Waals surface area contributed by atoms with Gasteiger partial charge in [-0.1, -0.05) is 35.0 Å². The van der Waals surface area contributed by atoms with Crippen LogP contribution >= 0.6 is 15.9 Å². The van der Waals surface area contributed by atoms with Crippen molar-refractivity contribution in [1.82, 2.24) is 0 Å². The zero-order valence-corrected chi connectivity index (χ0v) is 9.16. The summed E-state index contributed by atoms with van der Waals surface area (Å²) in [4.78, 5) is 0. The van der Waals surface area contributed by atoms with Crippen molar-refractivity contribution in [3.63, 3.8) is 0 Å². The van der Waals surface area contributed by atoms with Gasteiger partial charge >= 0.3 is 0 Å². The normalized spacial score (nSPS) is 32.7. The first kappa shape index (κ1) is 9.22. The zero-order chi connectivity index (χ0) is 9.42. The number of aliphatic hydroxyl groups excluding tert-OH is 1. The lowest BCUT2D eigenvalue weighted by Gasteiger charge is -2.39. The van der Waals surface area contributed by atoms with Gasteiger partial charge in [0.15, 0.2) is 0 Å². The Bertz CT molecular complexity index is 311. The van der Waals surface area contributed by atoms with Crippen molar-refractivity contribution < 1.29 is 5.11 Å². The quantitative estimate of drug-likeness (QED) is 0.801. The van der Waals surface area contributed by atoms with Gasteiger partial charge < -0.3 is 5.11 Å². The van der Waals surface area contributed by atoms with Crippen molar-refractivity contribution in [2.75, 3.05) is 0 Å². The van der Waals surface area contributed by atoms with Crippen molar-refractivity contribution >= 4 is 15.9 Å². The molecule has 0 aliphatic heterocycles. The molecule has 1 aliphatic rings. The van der Waals surface area contributed by atoms with Crippen molar-refractivity contribution in [3.8, 4) is 0 Å². The number of halogens is 1. The molecule has 70 valence electrons. The maximum Gasteiger partial charge on any atom is 0.0577 e. The minimum atomic E-state index is -0.0935. The molecule has 1 aromatic rings. The van der Waals surface area contributed by atoms with E-state index in [-0.39, 0.29) is 6.10 Å². The van der Waals surface area contributed by atoms with Gasteiger partial charge in [0.05, 0.1) is 6.10 Å². The predicted octanol–water partition coefficient (Wildman–Crippen LogP) is 2.93. The molecule has 1 fully saturated rings. The topological polar surface area (TPSA) is 20.2 Å². The van der Waals surface area contributed by atoms with Crippen LogP contribution in [-0.2, 0) is 0 Å². The maximum absolute atomic E-state index is 9.41. The van der Waals surface area contributed by atoms with E-state index >= 15 is 0 Å². The van der Waals surface area contributed by atoms with E-state index in [1.54, 1.807) is 0 Å². The summed E-state index contributed by atoms with van der Waals surface area (Å²) in [5.74, 6) is 0.960. The Kier molecular flexibility index (Phi) is 2.43. The average Bonchev–Trinajstić information content (AvgIpc) is 2.13. The van der Waals surface area contributed by atoms with Crippen molar-refractivity contribution in [1.29, 1.82) is 0 Å². The average molecular weight is 241 g/mol. The maximum atomic E-state index is 9.41. The SMILES string of the molecule is CC1C(O)CC1c1cccc(Br)c1. The molecule has 0 saturated heterocycles. The summed E-state index contributed by atoms with van der Waals surface area (Å²) in [5, 5.41) is 9.41. The number of benzene rings is 1. The molecule has 0 amide bonds. The molecular weight excluding hydrogens is 228 g/mol. The molecule has 1 nitrogen and oxygen atoms in total. The van der Waals surface area contributed by atoms with E-state index in [9.17, 15) is 5.11 Å². The van der Waals surface area contributed by atoms with Crippen LogP contribution in [0.2, 0.25) is 0 Å². The van der Waals surface area contributed by atoms with Crippen molar-refractivity contribution in [2.24, 2.45) is 5.92 Å². The highest BCUT2D eigenvalue weighted by Gasteiger charge is 2.36. The molecule has 0 radical (unpaired) electrons. The Morgan fingerprint density at radius 2 is 2.23 bits per heavy atom. The summed E-state index contributed by atoms with van der Waals surface area (Å²) in [6, 6.07) is 8.37. The van der Waals surface area contributed by atoms with Gasteiger partial charge in [0, 0.05) is 4.47 Å². The Balaban J connectivity index is 2.18. The second-order valence-electron chi connectivity index (χ2n) is 3.82. The third-order valence-electron chi connectivity index (χ3n) is 3.01. The first-order valence-corrected chi connectivity index (χ1v) is 5.41. The predicted molar refractivity (Wildman–Crippen MR) is 56.7 cm³/mol. The van der Waals surface area contributed by atoms with Crippen molar-refractivity contribution in [3.05, 3.63) is 34.3 Å². The van der Waals surface area contributed by atoms with Crippen molar-refractivity contribution in [2.45, 2.75) is 25.4 Å². The highest BCUT2D eigenvalue weighted by molar-refractivity contribution is 9.10. The Morgan fingerprint density at radius 1 is 1.46 bits per heavy atom. The monoisotopic (exact) mass is 240 g/mol. The van der Waals surface area contributed by atoms with Crippen LogP contribution in [0, 0.1) is 5.92 Å². The van der Waals surface area contributed by atoms with Gasteiger partial charge in [-0.25, -0.2) is 0 Å². The molecule has 0 aromatic heterocycles. The summed E-state index contributed by atoms with van der Waals surface area (Å²) in [6.07, 6.45) is 0.821. The molecule has 0 bridgehead atoms. The number of rotatable bonds is 1. The van der Waals surface area contributed by atoms with E-state index in [0.29, 0.717) is 11.8 Å². The molecule has 1 N–H and O–H groups in total. The van der Waals surface area contributed by atoms with Crippen LogP contribution in [0.5, 0.6) is 0 Å². The van der Waals surface area contributed by atoms with E-state index in [1.165, 1.54) is 5.56 Å². The molecule has 2 heteroatoms. The summed E-state index contributed by atoms with van der Waals surface area (Å²) in [5.41, 5.74) is 1.34. The molecule has 1 aliphatic carbocycles. The number of aliphatic hydroxyl groups is 1. The fourth-order valence-electron chi connectivity index (χ4n) is 1.94. The molecule has 3 atom stereocenters. The fourth-order valence-corrected chi connectivity index (χ4v) is 2.36. The van der Waals surface area contributed by atoms with E-state index in [4.69, 9.17) is 0 Å². The Hall–Kier alpha value is -0.340. The molecule has 13 heavy (non-hydrogen) atoms. The minimum Gasteiger partial charge on any atom is -0.393 e. The molecule has 1 saturated carbocycles. The highest BCUT2D eigenvalue weighted by atomic mass is 79.9. The molecular formula is C11H13BrO. The lowest BCUT2D eigenvalue weighted by Crippen LogP contribution is -2.37. The van der Waals surface area contributed by atoms with E-state index in [1.807, 2.05) is 6.07 Å². The molecule has 1 aromatic carbocycles. The van der Waals surface area contributed by atoms with Crippen LogP contribution in [-0.4, -0.2) is 11.2 Å². The molecule has 3 unspecified atom stereocenters. The minimum absolute atomic E-state index is 0.0935. The van der Waals surface area contributed by atoms with Crippen LogP contribution in [0.25, 0.3) is 0 Å². The van der Waals surface area contributed by atoms with E-state index in [2.05, 4.69) is 41.1 Å². The number of hydrogen-bond acceptors (Lipinski definition) is 1. The van der Waals surface area contributed by atoms with E-state index < -0.39 is 0 Å². The zero-order valence-electron chi connectivity index (χ0n) is 7.57. The number of hydrogen-bond donors (Lipinski definition) is 1. The lowest BCUT2D eigenvalue weighted by atomic mass is 9.69. The van der Waals surface area contributed by atoms with Gasteiger partial charge in [-0.05, 0) is 36.0 Å². The van der Waals surface area contributed by atoms with Crippen LogP contribution in [0.15, 0.2) is 28.7 Å². The smallest absolute Gasteiger partial charge is 0.0577 e. The van der Waals surface area contributed by atoms with Gasteiger partial charge in [-0.2, -0.15) is 0 Å². The largest absolute Gasteiger partial charge is 0.393 e. The Morgan fingerprint density at radius 3 is 2.77 bits per heavy atom. The standard InChI is InChI=1S/C11H13BrO/c1-7-10(6-11(7)13)8-3-2-4-9(12)5-8/h2-5,7,10-11,13H,6H2,1H3. The first-order chi connectivity index (χ1) is 6.18. The molecule has 2 rings (SSSR count). The Labute approximate surface area is 86.9 Å². The summed E-state index contributed by atoms with van der Waals surface area (Å²) < 4.78 is 1.12. The fraction of sp³-hybridized carbons (Fsp3) is 0.455. The summed E-state index contributed by atoms with van der Waals surface area (Å²) in [6.45, 7) is 2.11. The van der Waals surface area contributed by atoms with Gasteiger partial charge in [-0.15, -0.1) is 0 Å². The second kappa shape index (κ2) is 3.43.